The number of hydrogen-bond donors (Lipinski definition) is 2. The average molecular weight is 511 g/mol. The smallest absolute Gasteiger partial charge is 0.329 e. The Kier molecular flexibility index (Phi) is 6.35. The Morgan fingerprint density at radius 1 is 1.08 bits per heavy atom. The van der Waals surface area contributed by atoms with E-state index in [-0.39, 0.29) is 23.0 Å². The van der Waals surface area contributed by atoms with Crippen LogP contribution in [0.25, 0.3) is 27.7 Å². The zero-order valence-electron chi connectivity index (χ0n) is 20.4. The molecule has 5 rings (SSSR count). The number of para-hydroxylation sites is 1. The fourth-order valence-corrected chi connectivity index (χ4v) is 4.19. The van der Waals surface area contributed by atoms with Crippen LogP contribution in [0.3, 0.4) is 0 Å². The van der Waals surface area contributed by atoms with Crippen LogP contribution in [0.1, 0.15) is 18.8 Å². The highest BCUT2D eigenvalue weighted by Gasteiger charge is 2.24. The molecule has 12 heteroatoms. The monoisotopic (exact) mass is 510 g/mol. The van der Waals surface area contributed by atoms with Crippen LogP contribution in [0, 0.1) is 10.1 Å². The van der Waals surface area contributed by atoms with Crippen molar-refractivity contribution in [1.29, 1.82) is 0 Å². The van der Waals surface area contributed by atoms with Gasteiger partial charge in [-0.05, 0) is 42.3 Å². The number of aromatic nitrogens is 5. The molecule has 0 saturated carbocycles. The first-order chi connectivity index (χ1) is 18.4. The number of nitro groups is 1. The molecule has 0 aliphatic heterocycles. The van der Waals surface area contributed by atoms with Crippen LogP contribution in [0.5, 0.6) is 5.88 Å². The first-order valence-electron chi connectivity index (χ1n) is 11.5. The third-order valence-corrected chi connectivity index (χ3v) is 5.92. The van der Waals surface area contributed by atoms with Crippen LogP contribution in [0.2, 0.25) is 0 Å². The molecular formula is C26H22N8O4. The summed E-state index contributed by atoms with van der Waals surface area (Å²) < 4.78 is 6.75. The van der Waals surface area contributed by atoms with E-state index >= 15 is 0 Å². The summed E-state index contributed by atoms with van der Waals surface area (Å²) in [6.07, 6.45) is 2.64. The third-order valence-electron chi connectivity index (χ3n) is 5.92. The summed E-state index contributed by atoms with van der Waals surface area (Å²) in [7, 11) is 1.52. The van der Waals surface area contributed by atoms with Gasteiger partial charge in [0.15, 0.2) is 0 Å². The summed E-state index contributed by atoms with van der Waals surface area (Å²) >= 11 is 0. The topological polar surface area (TPSA) is 164 Å². The predicted octanol–water partition coefficient (Wildman–Crippen LogP) is 3.91. The third kappa shape index (κ3) is 4.46. The van der Waals surface area contributed by atoms with Crippen molar-refractivity contribution in [3.63, 3.8) is 0 Å². The molecule has 3 N–H and O–H groups in total. The molecule has 0 bridgehead atoms. The summed E-state index contributed by atoms with van der Waals surface area (Å²) in [4.78, 5) is 41.8. The molecule has 38 heavy (non-hydrogen) atoms. The second-order valence-corrected chi connectivity index (χ2v) is 8.32. The van der Waals surface area contributed by atoms with Crippen LogP contribution < -0.4 is 21.3 Å². The van der Waals surface area contributed by atoms with E-state index in [0.717, 1.165) is 11.8 Å². The van der Waals surface area contributed by atoms with Gasteiger partial charge in [-0.3, -0.25) is 19.5 Å². The summed E-state index contributed by atoms with van der Waals surface area (Å²) in [6, 6.07) is 17.3. The minimum atomic E-state index is -0.690. The number of pyridine rings is 1. The lowest BCUT2D eigenvalue weighted by Crippen LogP contribution is -2.28. The van der Waals surface area contributed by atoms with Crippen molar-refractivity contribution in [3.05, 3.63) is 99.3 Å². The molecule has 5 aromatic rings. The maximum atomic E-state index is 14.2. The van der Waals surface area contributed by atoms with E-state index in [1.807, 2.05) is 30.3 Å². The van der Waals surface area contributed by atoms with Gasteiger partial charge >= 0.3 is 5.69 Å². The zero-order chi connectivity index (χ0) is 26.8. The maximum Gasteiger partial charge on any atom is 0.329 e. The molecule has 12 nitrogen and oxygen atoms in total. The SMILES string of the molecule is COc1cc(-c2cccc3nc(C(C)Nc4nc(N)ncc4[N+](=O)[O-])n(-c4ccccc4)c(=O)c23)ccn1. The minimum absolute atomic E-state index is 0.0819. The Labute approximate surface area is 216 Å². The number of nitrogens with two attached hydrogens (primary N) is 1. The first kappa shape index (κ1) is 24.3. The van der Waals surface area contributed by atoms with Crippen molar-refractivity contribution in [3.8, 4) is 22.7 Å². The highest BCUT2D eigenvalue weighted by molar-refractivity contribution is 5.94. The van der Waals surface area contributed by atoms with Crippen molar-refractivity contribution in [2.45, 2.75) is 13.0 Å². The van der Waals surface area contributed by atoms with Gasteiger partial charge in [-0.15, -0.1) is 0 Å². The maximum absolute atomic E-state index is 14.2. The molecule has 0 aliphatic carbocycles. The molecule has 0 spiro atoms. The first-order valence-corrected chi connectivity index (χ1v) is 11.5. The molecule has 1 unspecified atom stereocenters. The lowest BCUT2D eigenvalue weighted by molar-refractivity contribution is -0.384. The van der Waals surface area contributed by atoms with E-state index in [2.05, 4.69) is 20.3 Å². The van der Waals surface area contributed by atoms with E-state index in [1.54, 1.807) is 43.5 Å². The molecule has 0 saturated heterocycles. The number of fused-ring (bicyclic) bond motifs is 1. The highest BCUT2D eigenvalue weighted by Crippen LogP contribution is 2.30. The highest BCUT2D eigenvalue weighted by atomic mass is 16.6. The molecular weight excluding hydrogens is 488 g/mol. The van der Waals surface area contributed by atoms with E-state index in [9.17, 15) is 14.9 Å². The summed E-state index contributed by atoms with van der Waals surface area (Å²) in [5.74, 6) is 0.525. The van der Waals surface area contributed by atoms with Crippen molar-refractivity contribution in [2.75, 3.05) is 18.2 Å². The Hall–Kier alpha value is -5.39. The quantitative estimate of drug-likeness (QED) is 0.242. The summed E-state index contributed by atoms with van der Waals surface area (Å²) in [5.41, 5.74) is 7.46. The largest absolute Gasteiger partial charge is 0.481 e. The fourth-order valence-electron chi connectivity index (χ4n) is 4.19. The van der Waals surface area contributed by atoms with Gasteiger partial charge in [-0.25, -0.2) is 15.0 Å². The fraction of sp³-hybridized carbons (Fsp3) is 0.115. The second kappa shape index (κ2) is 9.93. The van der Waals surface area contributed by atoms with Crippen LogP contribution >= 0.6 is 0 Å². The minimum Gasteiger partial charge on any atom is -0.481 e. The average Bonchev–Trinajstić information content (AvgIpc) is 2.93. The number of nitrogens with one attached hydrogen (secondary N) is 1. The molecule has 3 heterocycles. The molecule has 1 atom stereocenters. The lowest BCUT2D eigenvalue weighted by atomic mass is 10.0. The molecule has 0 amide bonds. The van der Waals surface area contributed by atoms with Gasteiger partial charge in [-0.2, -0.15) is 4.98 Å². The molecule has 0 radical (unpaired) electrons. The van der Waals surface area contributed by atoms with Gasteiger partial charge in [0.2, 0.25) is 17.6 Å². The summed E-state index contributed by atoms with van der Waals surface area (Å²) in [5, 5.41) is 14.9. The number of benzene rings is 2. The van der Waals surface area contributed by atoms with Crippen molar-refractivity contribution in [1.82, 2.24) is 24.5 Å². The van der Waals surface area contributed by atoms with Crippen molar-refractivity contribution >= 4 is 28.4 Å². The Morgan fingerprint density at radius 3 is 2.61 bits per heavy atom. The van der Waals surface area contributed by atoms with E-state index < -0.39 is 11.0 Å². The predicted molar refractivity (Wildman–Crippen MR) is 142 cm³/mol. The van der Waals surface area contributed by atoms with Gasteiger partial charge in [0.1, 0.15) is 12.0 Å². The molecule has 0 aliphatic rings. The molecule has 3 aromatic heterocycles. The number of rotatable bonds is 7. The number of methoxy groups -OCH3 is 1. The number of nitrogens with zero attached hydrogens (tertiary/aromatic N) is 6. The van der Waals surface area contributed by atoms with E-state index in [4.69, 9.17) is 15.5 Å². The van der Waals surface area contributed by atoms with Crippen LogP contribution in [-0.4, -0.2) is 36.5 Å². The van der Waals surface area contributed by atoms with Gasteiger partial charge in [0.25, 0.3) is 5.56 Å². The molecule has 190 valence electrons. The number of nitrogen functional groups attached to an aromatic ring is 1. The van der Waals surface area contributed by atoms with E-state index in [0.29, 0.717) is 33.9 Å². The zero-order valence-corrected chi connectivity index (χ0v) is 20.4. The van der Waals surface area contributed by atoms with Crippen molar-refractivity contribution in [2.24, 2.45) is 0 Å². The van der Waals surface area contributed by atoms with Crippen LogP contribution in [-0.2, 0) is 0 Å². The normalized spacial score (nSPS) is 11.7. The Morgan fingerprint density at radius 2 is 1.87 bits per heavy atom. The van der Waals surface area contributed by atoms with Gasteiger partial charge in [0.05, 0.1) is 34.7 Å². The van der Waals surface area contributed by atoms with Crippen LogP contribution in [0.4, 0.5) is 17.5 Å². The number of hydrogen-bond acceptors (Lipinski definition) is 10. The number of ether oxygens (including phenoxy) is 1. The molecule has 2 aromatic carbocycles. The Balaban J connectivity index is 1.74. The van der Waals surface area contributed by atoms with Gasteiger partial charge in [-0.1, -0.05) is 30.3 Å². The number of anilines is 2. The van der Waals surface area contributed by atoms with Gasteiger partial charge in [0, 0.05) is 12.3 Å². The van der Waals surface area contributed by atoms with Crippen molar-refractivity contribution < 1.29 is 9.66 Å². The van der Waals surface area contributed by atoms with Crippen LogP contribution in [0.15, 0.2) is 77.9 Å². The lowest BCUT2D eigenvalue weighted by Gasteiger charge is -2.20. The van der Waals surface area contributed by atoms with E-state index in [1.165, 1.54) is 11.7 Å². The second-order valence-electron chi connectivity index (χ2n) is 8.32. The summed E-state index contributed by atoms with van der Waals surface area (Å²) in [6.45, 7) is 1.73. The Bertz CT molecular complexity index is 1720. The van der Waals surface area contributed by atoms with Gasteiger partial charge < -0.3 is 15.8 Å². The standard InChI is InChI=1S/C26H22N8O4/c1-15(30-23-20(34(36)37)14-29-26(27)32-23)24-31-19-10-6-9-18(16-11-12-28-21(13-16)38-2)22(19)25(35)33(24)17-7-4-3-5-8-17/h3-15H,1-2H3,(H3,27,29,30,32). The molecule has 0 fully saturated rings.